The smallest absolute Gasteiger partial charge is 0.322 e. The van der Waals surface area contributed by atoms with Gasteiger partial charge in [-0.1, -0.05) is 13.8 Å². The van der Waals surface area contributed by atoms with Crippen LogP contribution in [0.15, 0.2) is 42.5 Å². The molecule has 2 aliphatic heterocycles. The molecular weight excluding hydrogens is 386 g/mol. The number of nitrogens with one attached hydrogen (secondary N) is 1. The van der Waals surface area contributed by atoms with Crippen molar-refractivity contribution in [1.29, 1.82) is 0 Å². The Labute approximate surface area is 176 Å². The average Bonchev–Trinajstić information content (AvgIpc) is 3.13. The van der Waals surface area contributed by atoms with Crippen LogP contribution in [-0.4, -0.2) is 49.7 Å². The van der Waals surface area contributed by atoms with Crippen molar-refractivity contribution in [2.24, 2.45) is 5.92 Å². The second-order valence-corrected chi connectivity index (χ2v) is 8.50. The van der Waals surface area contributed by atoms with Crippen molar-refractivity contribution in [3.05, 3.63) is 54.1 Å². The van der Waals surface area contributed by atoms with Crippen molar-refractivity contribution in [2.45, 2.75) is 26.3 Å². The van der Waals surface area contributed by atoms with Crippen molar-refractivity contribution in [3.8, 4) is 0 Å². The summed E-state index contributed by atoms with van der Waals surface area (Å²) in [5.41, 5.74) is 2.03. The number of rotatable bonds is 4. The normalized spacial score (nSPS) is 19.3. The van der Waals surface area contributed by atoms with Crippen LogP contribution in [0, 0.1) is 17.6 Å². The van der Waals surface area contributed by atoms with Crippen molar-refractivity contribution >= 4 is 23.1 Å². The molecule has 1 fully saturated rings. The number of nitrogens with zero attached hydrogens (tertiary/aromatic N) is 3. The van der Waals surface area contributed by atoms with Crippen LogP contribution < -0.4 is 15.1 Å². The molecule has 2 amide bonds. The molecule has 0 spiro atoms. The number of urea groups is 1. The molecule has 4 rings (SSSR count). The quantitative estimate of drug-likeness (QED) is 0.808. The molecule has 2 heterocycles. The molecule has 1 N–H and O–H groups in total. The van der Waals surface area contributed by atoms with Crippen LogP contribution in [0.3, 0.4) is 0 Å². The maximum absolute atomic E-state index is 14.0. The summed E-state index contributed by atoms with van der Waals surface area (Å²) in [6.07, 6.45) is 0.935. The zero-order valence-corrected chi connectivity index (χ0v) is 17.4. The molecular formula is C23H28F2N4O. The lowest BCUT2D eigenvalue weighted by Gasteiger charge is -2.38. The van der Waals surface area contributed by atoms with Gasteiger partial charge in [0.25, 0.3) is 0 Å². The van der Waals surface area contributed by atoms with Crippen LogP contribution in [0.1, 0.15) is 20.3 Å². The minimum atomic E-state index is -0.372. The summed E-state index contributed by atoms with van der Waals surface area (Å²) in [5, 5.41) is 3.15. The Hall–Kier alpha value is -2.67. The first kappa shape index (κ1) is 20.6. The van der Waals surface area contributed by atoms with Crippen LogP contribution in [-0.2, 0) is 0 Å². The Balaban J connectivity index is 1.51. The van der Waals surface area contributed by atoms with E-state index in [9.17, 15) is 13.6 Å². The van der Waals surface area contributed by atoms with E-state index in [-0.39, 0.29) is 23.7 Å². The number of likely N-dealkylation sites (tertiary alicyclic amines) is 1. The lowest BCUT2D eigenvalue weighted by atomic mass is 10.1. The number of hydrogen-bond donors (Lipinski definition) is 1. The largest absolute Gasteiger partial charge is 0.338 e. The third-order valence-corrected chi connectivity index (χ3v) is 5.67. The van der Waals surface area contributed by atoms with Gasteiger partial charge in [-0.25, -0.2) is 13.6 Å². The van der Waals surface area contributed by atoms with Gasteiger partial charge in [0, 0.05) is 44.5 Å². The van der Waals surface area contributed by atoms with E-state index in [1.807, 2.05) is 4.90 Å². The van der Waals surface area contributed by atoms with Gasteiger partial charge < -0.3 is 15.1 Å². The lowest BCUT2D eigenvalue weighted by Crippen LogP contribution is -2.50. The third kappa shape index (κ3) is 4.41. The summed E-state index contributed by atoms with van der Waals surface area (Å²) in [6, 6.07) is 10.5. The van der Waals surface area contributed by atoms with Gasteiger partial charge in [0.2, 0.25) is 0 Å². The minimum absolute atomic E-state index is 0.121. The Kier molecular flexibility index (Phi) is 5.90. The number of halogens is 2. The first-order valence-corrected chi connectivity index (χ1v) is 10.5. The van der Waals surface area contributed by atoms with Gasteiger partial charge in [-0.2, -0.15) is 0 Å². The molecule has 1 saturated heterocycles. The summed E-state index contributed by atoms with van der Waals surface area (Å²) in [6.45, 7) is 8.24. The molecule has 5 nitrogen and oxygen atoms in total. The number of carbonyl (C=O) groups excluding carboxylic acids is 1. The standard InChI is InChI=1S/C23H28F2N4O/c1-16(2)14-27-10-9-19(15-27)26-23(30)29-12-11-28(20-6-3-17(24)4-7-20)22-13-18(25)5-8-21(22)29/h3-8,13,16,19H,9-12,14-15H2,1-2H3,(H,26,30)/t19-/m1/s1. The third-order valence-electron chi connectivity index (χ3n) is 5.67. The highest BCUT2D eigenvalue weighted by Crippen LogP contribution is 2.38. The highest BCUT2D eigenvalue weighted by molar-refractivity contribution is 5.98. The van der Waals surface area contributed by atoms with Gasteiger partial charge in [0.05, 0.1) is 11.4 Å². The first-order valence-electron chi connectivity index (χ1n) is 10.5. The molecule has 2 aliphatic rings. The SMILES string of the molecule is CC(C)CN1CC[C@@H](NC(=O)N2CCN(c3ccc(F)cc3)c3cc(F)ccc32)C1. The molecule has 0 radical (unpaired) electrons. The molecule has 0 bridgehead atoms. The van der Waals surface area contributed by atoms with Crippen LogP contribution in [0.4, 0.5) is 30.6 Å². The molecule has 160 valence electrons. The topological polar surface area (TPSA) is 38.8 Å². The molecule has 0 unspecified atom stereocenters. The molecule has 2 aromatic carbocycles. The second kappa shape index (κ2) is 8.60. The van der Waals surface area contributed by atoms with Crippen molar-refractivity contribution in [2.75, 3.05) is 42.5 Å². The first-order chi connectivity index (χ1) is 14.4. The number of amides is 2. The van der Waals surface area contributed by atoms with Crippen molar-refractivity contribution < 1.29 is 13.6 Å². The predicted molar refractivity (Wildman–Crippen MR) is 115 cm³/mol. The predicted octanol–water partition coefficient (Wildman–Crippen LogP) is 4.36. The molecule has 30 heavy (non-hydrogen) atoms. The second-order valence-electron chi connectivity index (χ2n) is 8.50. The Bertz CT molecular complexity index is 903. The van der Waals surface area contributed by atoms with E-state index in [1.165, 1.54) is 24.3 Å². The number of hydrogen-bond acceptors (Lipinski definition) is 3. The van der Waals surface area contributed by atoms with Crippen molar-refractivity contribution in [1.82, 2.24) is 10.2 Å². The zero-order valence-electron chi connectivity index (χ0n) is 17.4. The lowest BCUT2D eigenvalue weighted by molar-refractivity contribution is 0.240. The van der Waals surface area contributed by atoms with Gasteiger partial charge in [-0.05, 0) is 54.8 Å². The van der Waals surface area contributed by atoms with Crippen LogP contribution in [0.25, 0.3) is 0 Å². The zero-order chi connectivity index (χ0) is 21.3. The van der Waals surface area contributed by atoms with Crippen LogP contribution in [0.2, 0.25) is 0 Å². The minimum Gasteiger partial charge on any atom is -0.338 e. The number of fused-ring (bicyclic) bond motifs is 1. The van der Waals surface area contributed by atoms with Gasteiger partial charge in [0.1, 0.15) is 11.6 Å². The van der Waals surface area contributed by atoms with E-state index in [4.69, 9.17) is 0 Å². The molecule has 2 aromatic rings. The van der Waals surface area contributed by atoms with E-state index in [0.717, 1.165) is 31.7 Å². The van der Waals surface area contributed by atoms with Gasteiger partial charge >= 0.3 is 6.03 Å². The monoisotopic (exact) mass is 414 g/mol. The highest BCUT2D eigenvalue weighted by atomic mass is 19.1. The van der Waals surface area contributed by atoms with Gasteiger partial charge in [-0.15, -0.1) is 0 Å². The summed E-state index contributed by atoms with van der Waals surface area (Å²) in [7, 11) is 0. The van der Waals surface area contributed by atoms with E-state index < -0.39 is 0 Å². The highest BCUT2D eigenvalue weighted by Gasteiger charge is 2.31. The maximum atomic E-state index is 14.0. The molecule has 0 aliphatic carbocycles. The van der Waals surface area contributed by atoms with Crippen LogP contribution in [0.5, 0.6) is 0 Å². The summed E-state index contributed by atoms with van der Waals surface area (Å²) in [5.74, 6) is -0.0942. The fourth-order valence-corrected chi connectivity index (χ4v) is 4.37. The Morgan fingerprint density at radius 2 is 1.77 bits per heavy atom. The summed E-state index contributed by atoms with van der Waals surface area (Å²) < 4.78 is 27.4. The Morgan fingerprint density at radius 1 is 1.03 bits per heavy atom. The average molecular weight is 415 g/mol. The molecule has 0 aromatic heterocycles. The van der Waals surface area contributed by atoms with E-state index in [1.54, 1.807) is 23.1 Å². The summed E-state index contributed by atoms with van der Waals surface area (Å²) >= 11 is 0. The van der Waals surface area contributed by atoms with Gasteiger partial charge in [-0.3, -0.25) is 4.90 Å². The van der Waals surface area contributed by atoms with E-state index in [0.29, 0.717) is 30.4 Å². The van der Waals surface area contributed by atoms with E-state index >= 15 is 0 Å². The fraction of sp³-hybridized carbons (Fsp3) is 0.435. The van der Waals surface area contributed by atoms with Gasteiger partial charge in [0.15, 0.2) is 0 Å². The Morgan fingerprint density at radius 3 is 2.50 bits per heavy atom. The molecule has 7 heteroatoms. The summed E-state index contributed by atoms with van der Waals surface area (Å²) in [4.78, 5) is 19.0. The number of benzene rings is 2. The number of carbonyl (C=O) groups is 1. The molecule has 1 atom stereocenters. The van der Waals surface area contributed by atoms with Crippen molar-refractivity contribution in [3.63, 3.8) is 0 Å². The maximum Gasteiger partial charge on any atom is 0.322 e. The molecule has 0 saturated carbocycles. The number of anilines is 3. The fourth-order valence-electron chi connectivity index (χ4n) is 4.37. The van der Waals surface area contributed by atoms with Crippen LogP contribution >= 0.6 is 0 Å². The van der Waals surface area contributed by atoms with E-state index in [2.05, 4.69) is 24.1 Å².